The van der Waals surface area contributed by atoms with Crippen molar-refractivity contribution in [3.8, 4) is 67.0 Å². The number of hydrogen-bond acceptors (Lipinski definition) is 2. The topological polar surface area (TPSA) is 51.7 Å². The highest BCUT2D eigenvalue weighted by Crippen LogP contribution is 2.52. The number of para-hydroxylation sites is 4. The fraction of sp³-hybridized carbons (Fsp3) is 0.0361. The summed E-state index contributed by atoms with van der Waals surface area (Å²) in [4.78, 5) is 33.6. The number of amides is 1. The first kappa shape index (κ1) is 49.6. The largest absolute Gasteiger partial charge is 0.309 e. The maximum Gasteiger partial charge on any atom is 0.265 e. The summed E-state index contributed by atoms with van der Waals surface area (Å²) in [5, 5.41) is 9.06. The highest BCUT2D eigenvalue weighted by atomic mass is 16.2. The van der Waals surface area contributed by atoms with Gasteiger partial charge in [0.2, 0.25) is 0 Å². The molecule has 416 valence electrons. The summed E-state index contributed by atoms with van der Waals surface area (Å²) in [5.74, 6) is -0.119. The van der Waals surface area contributed by atoms with Crippen molar-refractivity contribution in [2.24, 2.45) is 0 Å². The number of carbonyl (C=O) groups excluding carboxylic acids is 1. The van der Waals surface area contributed by atoms with Gasteiger partial charge in [-0.1, -0.05) is 178 Å². The molecule has 0 spiro atoms. The molecular weight excluding hydrogens is 1080 g/mol. The lowest BCUT2D eigenvalue weighted by Gasteiger charge is -2.24. The number of aromatic nitrogens is 3. The minimum atomic E-state index is -0.261. The normalized spacial score (nSPS) is 13.4. The van der Waals surface area contributed by atoms with E-state index in [-0.39, 0.29) is 16.9 Å². The minimum Gasteiger partial charge on any atom is -0.309 e. The zero-order chi connectivity index (χ0) is 59.0. The Morgan fingerprint density at radius 1 is 0.281 bits per heavy atom. The SMILES string of the molecule is CC1(C)c2ccccc2-c2cc3c4cc(-c5ccc6c(c5)c5ccccc5n6-c5ccccc5)cc5c6cc(-c7cccc(N8C(=O)c9cc(-c%10ccccc%10)cc%10c%11cc(-c%12ccccc%12)ccc%11n(c9%10)-c9ccccc98)c7)ccc6c(=O)n(c3cc21)c54. The number of anilines is 2. The molecule has 6 heteroatoms. The zero-order valence-electron chi connectivity index (χ0n) is 48.7. The average molecular weight is 1140 g/mol. The number of fused-ring (bicyclic) bond motifs is 16. The molecule has 89 heavy (non-hydrogen) atoms. The molecule has 2 aliphatic rings. The quantitative estimate of drug-likeness (QED) is 0.156. The van der Waals surface area contributed by atoms with E-state index >= 15 is 9.59 Å². The molecule has 0 N–H and O–H groups in total. The molecular formula is C83H52N4O2. The third kappa shape index (κ3) is 6.97. The summed E-state index contributed by atoms with van der Waals surface area (Å²) in [5.41, 5.74) is 23.1. The van der Waals surface area contributed by atoms with Crippen LogP contribution in [0.2, 0.25) is 0 Å². The molecule has 1 aliphatic carbocycles. The van der Waals surface area contributed by atoms with Crippen LogP contribution in [-0.2, 0) is 5.41 Å². The van der Waals surface area contributed by atoms with Crippen molar-refractivity contribution in [2.45, 2.75) is 19.3 Å². The van der Waals surface area contributed by atoms with Crippen LogP contribution in [0.4, 0.5) is 11.4 Å². The second-order valence-corrected chi connectivity index (χ2v) is 24.7. The number of pyridine rings is 1. The molecule has 5 heterocycles. The van der Waals surface area contributed by atoms with E-state index in [1.54, 1.807) is 0 Å². The van der Waals surface area contributed by atoms with Crippen LogP contribution in [0, 0.1) is 0 Å². The van der Waals surface area contributed by atoms with Gasteiger partial charge in [0.25, 0.3) is 11.5 Å². The van der Waals surface area contributed by atoms with Gasteiger partial charge in [0.1, 0.15) is 0 Å². The summed E-state index contributed by atoms with van der Waals surface area (Å²) in [6.45, 7) is 4.60. The fourth-order valence-corrected chi connectivity index (χ4v) is 15.5. The number of hydrogen-bond donors (Lipinski definition) is 0. The van der Waals surface area contributed by atoms with Crippen molar-refractivity contribution in [3.63, 3.8) is 0 Å². The van der Waals surface area contributed by atoms with E-state index in [1.807, 2.05) is 45.7 Å². The summed E-state index contributed by atoms with van der Waals surface area (Å²) >= 11 is 0. The van der Waals surface area contributed by atoms with Crippen molar-refractivity contribution in [1.82, 2.24) is 13.5 Å². The van der Waals surface area contributed by atoms with Gasteiger partial charge in [-0.2, -0.15) is 0 Å². The van der Waals surface area contributed by atoms with Crippen LogP contribution in [0.5, 0.6) is 0 Å². The van der Waals surface area contributed by atoms with Gasteiger partial charge in [-0.05, 0) is 187 Å². The standard InChI is InChI=1S/C83H52N4O2/c1-83(2)71-29-14-12-27-59(71)63-47-66-69-45-56(54-35-37-74-64(42-54)60-28-13-15-30-73(60)84(74)57-24-10-5-11-25-57)44-67-62-40-53(33-36-61(62)81(88)87(79(67)69)78(66)48-72(63)83)51-23-18-26-58(39-51)85-76-31-16-17-32-77(76)86-75-38-34-52(49-19-6-3-7-20-49)41-65(75)68-43-55(50-21-8-4-9-22-50)46-70(80(68)86)82(85)89/h3-48H,1-2H3. The Kier molecular flexibility index (Phi) is 10.2. The van der Waals surface area contributed by atoms with Gasteiger partial charge in [0, 0.05) is 59.9 Å². The van der Waals surface area contributed by atoms with Crippen molar-refractivity contribution in [1.29, 1.82) is 0 Å². The summed E-state index contributed by atoms with van der Waals surface area (Å²) in [6.07, 6.45) is 0. The predicted octanol–water partition coefficient (Wildman–Crippen LogP) is 20.7. The van der Waals surface area contributed by atoms with Crippen molar-refractivity contribution >= 4 is 98.9 Å². The molecule has 13 aromatic carbocycles. The average Bonchev–Trinajstić information content (AvgIpc) is 1.60. The molecule has 0 saturated heterocycles. The van der Waals surface area contributed by atoms with Crippen molar-refractivity contribution < 1.29 is 4.79 Å². The van der Waals surface area contributed by atoms with Gasteiger partial charge in [0.05, 0.1) is 50.0 Å². The van der Waals surface area contributed by atoms with Crippen molar-refractivity contribution in [3.05, 3.63) is 306 Å². The highest BCUT2D eigenvalue weighted by molar-refractivity contribution is 6.26. The van der Waals surface area contributed by atoms with Crippen LogP contribution >= 0.6 is 0 Å². The fourth-order valence-electron chi connectivity index (χ4n) is 15.5. The molecule has 0 bridgehead atoms. The monoisotopic (exact) mass is 1140 g/mol. The lowest BCUT2D eigenvalue weighted by atomic mass is 9.82. The number of benzene rings is 13. The molecule has 17 aromatic rings. The molecule has 1 aliphatic heterocycles. The zero-order valence-corrected chi connectivity index (χ0v) is 48.7. The van der Waals surface area contributed by atoms with Gasteiger partial charge in [-0.15, -0.1) is 0 Å². The molecule has 19 rings (SSSR count). The highest BCUT2D eigenvalue weighted by Gasteiger charge is 2.37. The first-order valence-electron chi connectivity index (χ1n) is 30.6. The second kappa shape index (κ2) is 18.2. The van der Waals surface area contributed by atoms with Crippen LogP contribution in [0.3, 0.4) is 0 Å². The van der Waals surface area contributed by atoms with Crippen LogP contribution in [0.1, 0.15) is 35.3 Å². The number of nitrogens with zero attached hydrogens (tertiary/aromatic N) is 4. The Labute approximate surface area is 511 Å². The van der Waals surface area contributed by atoms with E-state index < -0.39 is 0 Å². The van der Waals surface area contributed by atoms with Crippen LogP contribution in [-0.4, -0.2) is 19.4 Å². The van der Waals surface area contributed by atoms with Crippen LogP contribution in [0.25, 0.3) is 149 Å². The van der Waals surface area contributed by atoms with Gasteiger partial charge in [-0.3, -0.25) is 18.9 Å². The van der Waals surface area contributed by atoms with E-state index in [0.29, 0.717) is 10.9 Å². The van der Waals surface area contributed by atoms with Crippen LogP contribution < -0.4 is 10.5 Å². The molecule has 4 aromatic heterocycles. The van der Waals surface area contributed by atoms with Crippen molar-refractivity contribution in [2.75, 3.05) is 4.90 Å². The van der Waals surface area contributed by atoms with Crippen LogP contribution in [0.15, 0.2) is 284 Å². The molecule has 0 atom stereocenters. The Hall–Kier alpha value is -11.6. The third-order valence-corrected chi connectivity index (χ3v) is 19.6. The van der Waals surface area contributed by atoms with Gasteiger partial charge >= 0.3 is 0 Å². The third-order valence-electron chi connectivity index (χ3n) is 19.6. The van der Waals surface area contributed by atoms with Gasteiger partial charge in [-0.25, -0.2) is 0 Å². The smallest absolute Gasteiger partial charge is 0.265 e. The molecule has 1 amide bonds. The van der Waals surface area contributed by atoms with E-state index in [2.05, 4.69) is 266 Å². The summed E-state index contributed by atoms with van der Waals surface area (Å²) in [6, 6.07) is 99.0. The first-order valence-corrected chi connectivity index (χ1v) is 30.6. The molecule has 0 unspecified atom stereocenters. The predicted molar refractivity (Wildman–Crippen MR) is 368 cm³/mol. The molecule has 6 nitrogen and oxygen atoms in total. The van der Waals surface area contributed by atoms with E-state index in [0.717, 1.165) is 133 Å². The Balaban J connectivity index is 0.816. The van der Waals surface area contributed by atoms with Gasteiger partial charge < -0.3 is 9.13 Å². The minimum absolute atomic E-state index is 0.0486. The van der Waals surface area contributed by atoms with Gasteiger partial charge in [0.15, 0.2) is 0 Å². The Morgan fingerprint density at radius 2 is 0.798 bits per heavy atom. The Morgan fingerprint density at radius 3 is 1.57 bits per heavy atom. The molecule has 0 radical (unpaired) electrons. The lowest BCUT2D eigenvalue weighted by molar-refractivity contribution is 0.100. The lowest BCUT2D eigenvalue weighted by Crippen LogP contribution is -2.25. The maximum absolute atomic E-state index is 16.1. The summed E-state index contributed by atoms with van der Waals surface area (Å²) < 4.78 is 6.65. The molecule has 0 fully saturated rings. The Bertz CT molecular complexity index is 5990. The first-order chi connectivity index (χ1) is 43.7. The second-order valence-electron chi connectivity index (χ2n) is 24.7. The van der Waals surface area contributed by atoms with E-state index in [9.17, 15) is 0 Å². The number of carbonyl (C=O) groups is 1. The van der Waals surface area contributed by atoms with E-state index in [1.165, 1.54) is 33.0 Å². The van der Waals surface area contributed by atoms with E-state index in [4.69, 9.17) is 0 Å². The molecule has 0 saturated carbocycles. The maximum atomic E-state index is 16.1. The summed E-state index contributed by atoms with van der Waals surface area (Å²) in [7, 11) is 0. The number of rotatable bonds is 6.